The van der Waals surface area contributed by atoms with Crippen molar-refractivity contribution >= 4 is 5.91 Å². The molecule has 0 aromatic heterocycles. The van der Waals surface area contributed by atoms with Gasteiger partial charge in [0.15, 0.2) is 0 Å². The molecular weight excluding hydrogens is 204 g/mol. The summed E-state index contributed by atoms with van der Waals surface area (Å²) in [4.78, 5) is 14.1. The van der Waals surface area contributed by atoms with Crippen LogP contribution in [0.25, 0.3) is 0 Å². The maximum atomic E-state index is 11.7. The molecule has 0 radical (unpaired) electrons. The lowest BCUT2D eigenvalue weighted by Crippen LogP contribution is -2.56. The molecule has 0 aliphatic carbocycles. The number of nitrogens with one attached hydrogen (secondary N) is 2. The third kappa shape index (κ3) is 3.17. The lowest BCUT2D eigenvalue weighted by Gasteiger charge is -2.34. The topological polar surface area (TPSA) is 47.6 Å². The van der Waals surface area contributed by atoms with Gasteiger partial charge in [0.05, 0.1) is 0 Å². The molecule has 1 amide bonds. The van der Waals surface area contributed by atoms with Crippen molar-refractivity contribution in [3.63, 3.8) is 0 Å². The molecular formula is C11H22N4O. The van der Waals surface area contributed by atoms with Gasteiger partial charge in [0.25, 0.3) is 0 Å². The standard InChI is InChI=1S/C11H22N4O/c1-14-6-8-15(9-7-14)13-10-4-2-3-5-12-11(10)16/h10,13H,2-9H2,1H3,(H,12,16). The first-order chi connectivity index (χ1) is 7.75. The van der Waals surface area contributed by atoms with Crippen LogP contribution in [-0.2, 0) is 4.79 Å². The van der Waals surface area contributed by atoms with Gasteiger partial charge in [-0.25, -0.2) is 10.4 Å². The fourth-order valence-corrected chi connectivity index (χ4v) is 2.22. The van der Waals surface area contributed by atoms with E-state index >= 15 is 0 Å². The molecule has 2 aliphatic rings. The Balaban J connectivity index is 1.80. The molecule has 2 aliphatic heterocycles. The fraction of sp³-hybridized carbons (Fsp3) is 0.909. The highest BCUT2D eigenvalue weighted by Crippen LogP contribution is 2.07. The zero-order valence-corrected chi connectivity index (χ0v) is 10.0. The second-order valence-corrected chi connectivity index (χ2v) is 4.76. The first-order valence-electron chi connectivity index (χ1n) is 6.23. The maximum Gasteiger partial charge on any atom is 0.238 e. The minimum absolute atomic E-state index is 0.0223. The third-order valence-corrected chi connectivity index (χ3v) is 3.38. The van der Waals surface area contributed by atoms with Gasteiger partial charge in [-0.1, -0.05) is 0 Å². The van der Waals surface area contributed by atoms with E-state index in [-0.39, 0.29) is 11.9 Å². The van der Waals surface area contributed by atoms with Gasteiger partial charge in [-0.15, -0.1) is 0 Å². The van der Waals surface area contributed by atoms with Crippen LogP contribution in [-0.4, -0.2) is 61.6 Å². The molecule has 0 aromatic rings. The molecule has 0 bridgehead atoms. The van der Waals surface area contributed by atoms with Crippen molar-refractivity contribution in [2.45, 2.75) is 25.3 Å². The van der Waals surface area contributed by atoms with E-state index in [4.69, 9.17) is 0 Å². The second kappa shape index (κ2) is 5.61. The van der Waals surface area contributed by atoms with Crippen molar-refractivity contribution in [1.29, 1.82) is 0 Å². The predicted octanol–water partition coefficient (Wildman–Crippen LogP) is -0.593. The number of rotatable bonds is 2. The average Bonchev–Trinajstić information content (AvgIpc) is 2.48. The molecule has 2 rings (SSSR count). The molecule has 1 unspecified atom stereocenters. The van der Waals surface area contributed by atoms with Crippen molar-refractivity contribution in [2.75, 3.05) is 39.8 Å². The Hall–Kier alpha value is -0.650. The summed E-state index contributed by atoms with van der Waals surface area (Å²) in [5, 5.41) is 5.14. The number of hydrazine groups is 1. The minimum atomic E-state index is -0.0223. The number of hydrogen-bond donors (Lipinski definition) is 2. The van der Waals surface area contributed by atoms with Gasteiger partial charge >= 0.3 is 0 Å². The van der Waals surface area contributed by atoms with Crippen molar-refractivity contribution in [3.05, 3.63) is 0 Å². The number of amides is 1. The zero-order valence-electron chi connectivity index (χ0n) is 10.0. The number of nitrogens with zero attached hydrogens (tertiary/aromatic N) is 2. The SMILES string of the molecule is CN1CCN(NC2CCCCNC2=O)CC1. The van der Waals surface area contributed by atoms with Crippen LogP contribution in [0.5, 0.6) is 0 Å². The van der Waals surface area contributed by atoms with Crippen LogP contribution in [0.15, 0.2) is 0 Å². The number of carbonyl (C=O) groups is 1. The van der Waals surface area contributed by atoms with Gasteiger partial charge in [-0.2, -0.15) is 0 Å². The van der Waals surface area contributed by atoms with Crippen molar-refractivity contribution < 1.29 is 4.79 Å². The molecule has 5 nitrogen and oxygen atoms in total. The van der Waals surface area contributed by atoms with E-state index in [1.54, 1.807) is 0 Å². The maximum absolute atomic E-state index is 11.7. The van der Waals surface area contributed by atoms with Crippen LogP contribution in [0, 0.1) is 0 Å². The highest BCUT2D eigenvalue weighted by molar-refractivity contribution is 5.81. The Morgan fingerprint density at radius 3 is 2.75 bits per heavy atom. The summed E-state index contributed by atoms with van der Waals surface area (Å²) in [5.74, 6) is 0.163. The molecule has 0 saturated carbocycles. The summed E-state index contributed by atoms with van der Waals surface area (Å²) in [7, 11) is 2.13. The van der Waals surface area contributed by atoms with Gasteiger partial charge in [0, 0.05) is 32.7 Å². The molecule has 2 N–H and O–H groups in total. The molecule has 2 heterocycles. The van der Waals surface area contributed by atoms with Gasteiger partial charge in [0.2, 0.25) is 5.91 Å². The zero-order chi connectivity index (χ0) is 11.4. The molecule has 92 valence electrons. The quantitative estimate of drug-likeness (QED) is 0.660. The molecule has 0 spiro atoms. The number of hydrogen-bond acceptors (Lipinski definition) is 4. The number of likely N-dealkylation sites (N-methyl/N-ethyl adjacent to an activating group) is 1. The Morgan fingerprint density at radius 2 is 2.00 bits per heavy atom. The number of piperazine rings is 1. The monoisotopic (exact) mass is 226 g/mol. The van der Waals surface area contributed by atoms with Crippen LogP contribution in [0.2, 0.25) is 0 Å². The molecule has 2 saturated heterocycles. The van der Waals surface area contributed by atoms with Crippen LogP contribution in [0.4, 0.5) is 0 Å². The highest BCUT2D eigenvalue weighted by atomic mass is 16.2. The summed E-state index contributed by atoms with van der Waals surface area (Å²) >= 11 is 0. The summed E-state index contributed by atoms with van der Waals surface area (Å²) in [6, 6.07) is -0.0223. The first-order valence-corrected chi connectivity index (χ1v) is 6.23. The van der Waals surface area contributed by atoms with Crippen LogP contribution in [0.1, 0.15) is 19.3 Å². The van der Waals surface area contributed by atoms with E-state index in [0.717, 1.165) is 52.0 Å². The lowest BCUT2D eigenvalue weighted by atomic mass is 10.1. The average molecular weight is 226 g/mol. The van der Waals surface area contributed by atoms with Crippen LogP contribution < -0.4 is 10.7 Å². The van der Waals surface area contributed by atoms with E-state index in [1.807, 2.05) is 0 Å². The normalized spacial score (nSPS) is 29.8. The predicted molar refractivity (Wildman–Crippen MR) is 62.9 cm³/mol. The summed E-state index contributed by atoms with van der Waals surface area (Å²) in [6.45, 7) is 4.98. The Kier molecular flexibility index (Phi) is 4.15. The molecule has 2 fully saturated rings. The largest absolute Gasteiger partial charge is 0.355 e. The van der Waals surface area contributed by atoms with Crippen molar-refractivity contribution in [3.8, 4) is 0 Å². The van der Waals surface area contributed by atoms with Gasteiger partial charge in [-0.05, 0) is 26.3 Å². The van der Waals surface area contributed by atoms with Gasteiger partial charge in [-0.3, -0.25) is 4.79 Å². The molecule has 5 heteroatoms. The fourth-order valence-electron chi connectivity index (χ4n) is 2.22. The first kappa shape index (κ1) is 11.8. The number of carbonyl (C=O) groups excluding carboxylic acids is 1. The third-order valence-electron chi connectivity index (χ3n) is 3.38. The Labute approximate surface area is 97.1 Å². The van der Waals surface area contributed by atoms with Crippen LogP contribution >= 0.6 is 0 Å². The van der Waals surface area contributed by atoms with Crippen molar-refractivity contribution in [2.24, 2.45) is 0 Å². The van der Waals surface area contributed by atoms with Crippen molar-refractivity contribution in [1.82, 2.24) is 20.7 Å². The summed E-state index contributed by atoms with van der Waals surface area (Å²) in [6.07, 6.45) is 3.19. The van der Waals surface area contributed by atoms with E-state index in [1.165, 1.54) is 0 Å². The smallest absolute Gasteiger partial charge is 0.238 e. The second-order valence-electron chi connectivity index (χ2n) is 4.76. The van der Waals surface area contributed by atoms with E-state index in [9.17, 15) is 4.79 Å². The van der Waals surface area contributed by atoms with Crippen LogP contribution in [0.3, 0.4) is 0 Å². The lowest BCUT2D eigenvalue weighted by molar-refractivity contribution is -0.124. The van der Waals surface area contributed by atoms with Gasteiger partial charge in [0.1, 0.15) is 6.04 Å². The molecule has 1 atom stereocenters. The molecule has 0 aromatic carbocycles. The molecule has 16 heavy (non-hydrogen) atoms. The summed E-state index contributed by atoms with van der Waals surface area (Å²) < 4.78 is 0. The van der Waals surface area contributed by atoms with E-state index in [0.29, 0.717) is 0 Å². The Morgan fingerprint density at radius 1 is 1.25 bits per heavy atom. The van der Waals surface area contributed by atoms with E-state index < -0.39 is 0 Å². The Bertz CT molecular complexity index is 238. The minimum Gasteiger partial charge on any atom is -0.355 e. The van der Waals surface area contributed by atoms with E-state index in [2.05, 4.69) is 27.7 Å². The highest BCUT2D eigenvalue weighted by Gasteiger charge is 2.23. The van der Waals surface area contributed by atoms with Gasteiger partial charge < -0.3 is 10.2 Å². The summed E-state index contributed by atoms with van der Waals surface area (Å²) in [5.41, 5.74) is 3.36.